The van der Waals surface area contributed by atoms with Crippen LogP contribution in [0.5, 0.6) is 0 Å². The molecule has 2 aromatic rings. The van der Waals surface area contributed by atoms with Gasteiger partial charge in [0.25, 0.3) is 0 Å². The predicted molar refractivity (Wildman–Crippen MR) is 67.7 cm³/mol. The zero-order valence-corrected chi connectivity index (χ0v) is 10.3. The first-order valence-electron chi connectivity index (χ1n) is 4.92. The zero-order chi connectivity index (χ0) is 11.1. The lowest BCUT2D eigenvalue weighted by atomic mass is 10.3. The largest absolute Gasteiger partial charge is 0.274 e. The summed E-state index contributed by atoms with van der Waals surface area (Å²) in [4.78, 5) is 15.9. The highest BCUT2D eigenvalue weighted by molar-refractivity contribution is 8.00. The number of anilines is 2. The minimum Gasteiger partial charge on any atom is -0.274 e. The van der Waals surface area contributed by atoms with Crippen molar-refractivity contribution in [3.8, 4) is 0 Å². The van der Waals surface area contributed by atoms with Crippen molar-refractivity contribution in [3.63, 3.8) is 0 Å². The van der Waals surface area contributed by atoms with E-state index in [0.29, 0.717) is 0 Å². The summed E-state index contributed by atoms with van der Waals surface area (Å²) in [5.41, 5.74) is 0.995. The van der Waals surface area contributed by atoms with Gasteiger partial charge in [0.15, 0.2) is 0 Å². The van der Waals surface area contributed by atoms with Crippen molar-refractivity contribution < 1.29 is 4.79 Å². The first-order valence-corrected chi connectivity index (χ1v) is 6.62. The van der Waals surface area contributed by atoms with E-state index in [9.17, 15) is 4.79 Å². The van der Waals surface area contributed by atoms with Crippen molar-refractivity contribution in [1.29, 1.82) is 0 Å². The number of carbonyl (C=O) groups is 1. The SMILES string of the molecule is CC(=O)N1c2ccccc2Sc2ccsc21. The third kappa shape index (κ3) is 1.37. The molecule has 0 N–H and O–H groups in total. The second-order valence-electron chi connectivity index (χ2n) is 3.51. The third-order valence-electron chi connectivity index (χ3n) is 2.45. The molecule has 0 atom stereocenters. The minimum atomic E-state index is 0.0662. The predicted octanol–water partition coefficient (Wildman–Crippen LogP) is 3.90. The number of hydrogen-bond donors (Lipinski definition) is 0. The fourth-order valence-corrected chi connectivity index (χ4v) is 3.97. The molecule has 0 fully saturated rings. The average molecular weight is 247 g/mol. The van der Waals surface area contributed by atoms with Crippen LogP contribution in [0, 0.1) is 0 Å². The van der Waals surface area contributed by atoms with E-state index in [1.54, 1.807) is 34.9 Å². The van der Waals surface area contributed by atoms with Crippen molar-refractivity contribution in [1.82, 2.24) is 0 Å². The van der Waals surface area contributed by atoms with Gasteiger partial charge in [-0.1, -0.05) is 23.9 Å². The molecule has 0 unspecified atom stereocenters. The molecule has 0 saturated carbocycles. The molecule has 16 heavy (non-hydrogen) atoms. The van der Waals surface area contributed by atoms with E-state index in [2.05, 4.69) is 12.1 Å². The van der Waals surface area contributed by atoms with Gasteiger partial charge in [-0.3, -0.25) is 9.69 Å². The number of thiophene rings is 1. The fourth-order valence-electron chi connectivity index (χ4n) is 1.80. The molecule has 1 aromatic carbocycles. The molecule has 2 heterocycles. The van der Waals surface area contributed by atoms with E-state index in [4.69, 9.17) is 0 Å². The van der Waals surface area contributed by atoms with Crippen LogP contribution in [-0.4, -0.2) is 5.91 Å². The van der Waals surface area contributed by atoms with Crippen LogP contribution >= 0.6 is 23.1 Å². The summed E-state index contributed by atoms with van der Waals surface area (Å²) >= 11 is 3.34. The zero-order valence-electron chi connectivity index (χ0n) is 8.64. The summed E-state index contributed by atoms with van der Waals surface area (Å²) in [6.45, 7) is 1.61. The van der Waals surface area contributed by atoms with Gasteiger partial charge in [0.1, 0.15) is 5.00 Å². The van der Waals surface area contributed by atoms with E-state index in [1.165, 1.54) is 4.90 Å². The van der Waals surface area contributed by atoms with E-state index in [1.807, 2.05) is 23.6 Å². The van der Waals surface area contributed by atoms with Crippen molar-refractivity contribution in [2.24, 2.45) is 0 Å². The average Bonchev–Trinajstić information content (AvgIpc) is 2.72. The summed E-state index contributed by atoms with van der Waals surface area (Å²) in [6, 6.07) is 10.1. The van der Waals surface area contributed by atoms with Crippen LogP contribution in [0.2, 0.25) is 0 Å². The second-order valence-corrected chi connectivity index (χ2v) is 5.49. The van der Waals surface area contributed by atoms with Crippen molar-refractivity contribution in [3.05, 3.63) is 35.7 Å². The van der Waals surface area contributed by atoms with Gasteiger partial charge in [0.05, 0.1) is 5.69 Å². The summed E-state index contributed by atoms with van der Waals surface area (Å²) in [7, 11) is 0. The highest BCUT2D eigenvalue weighted by Crippen LogP contribution is 2.50. The standard InChI is InChI=1S/C12H9NOS2/c1-8(14)13-9-4-2-3-5-10(9)16-11-6-7-15-12(11)13/h2-7H,1H3. The van der Waals surface area contributed by atoms with Gasteiger partial charge in [-0.2, -0.15) is 0 Å². The molecule has 1 aromatic heterocycles. The molecule has 1 aliphatic rings. The van der Waals surface area contributed by atoms with Crippen LogP contribution in [0.3, 0.4) is 0 Å². The van der Waals surface area contributed by atoms with Crippen LogP contribution in [0.4, 0.5) is 10.7 Å². The first-order chi connectivity index (χ1) is 7.77. The lowest BCUT2D eigenvalue weighted by Crippen LogP contribution is -2.24. The van der Waals surface area contributed by atoms with Gasteiger partial charge < -0.3 is 0 Å². The van der Waals surface area contributed by atoms with E-state index >= 15 is 0 Å². The number of carbonyl (C=O) groups excluding carboxylic acids is 1. The number of amides is 1. The molecule has 2 nitrogen and oxygen atoms in total. The molecule has 0 radical (unpaired) electrons. The first kappa shape index (κ1) is 9.93. The molecule has 0 spiro atoms. The number of nitrogens with zero attached hydrogens (tertiary/aromatic N) is 1. The van der Waals surface area contributed by atoms with Gasteiger partial charge in [0.2, 0.25) is 5.91 Å². The van der Waals surface area contributed by atoms with E-state index in [-0.39, 0.29) is 5.91 Å². The van der Waals surface area contributed by atoms with Crippen LogP contribution in [-0.2, 0) is 4.79 Å². The van der Waals surface area contributed by atoms with Crippen molar-refractivity contribution in [2.75, 3.05) is 4.90 Å². The quantitative estimate of drug-likeness (QED) is 0.703. The smallest absolute Gasteiger partial charge is 0.229 e. The lowest BCUT2D eigenvalue weighted by molar-refractivity contribution is -0.115. The molecule has 0 bridgehead atoms. The normalized spacial score (nSPS) is 13.2. The molecule has 4 heteroatoms. The molecule has 3 rings (SSSR count). The summed E-state index contributed by atoms with van der Waals surface area (Å²) in [5, 5.41) is 3.07. The highest BCUT2D eigenvalue weighted by atomic mass is 32.2. The van der Waals surface area contributed by atoms with Crippen molar-refractivity contribution in [2.45, 2.75) is 16.7 Å². The van der Waals surface area contributed by atoms with Crippen molar-refractivity contribution >= 4 is 39.7 Å². The molecule has 0 aliphatic carbocycles. The van der Waals surface area contributed by atoms with Crippen LogP contribution in [0.1, 0.15) is 6.92 Å². The monoisotopic (exact) mass is 247 g/mol. The molecule has 1 aliphatic heterocycles. The topological polar surface area (TPSA) is 20.3 Å². The molecular formula is C12H9NOS2. The van der Waals surface area contributed by atoms with Crippen LogP contribution in [0.25, 0.3) is 0 Å². The molecule has 80 valence electrons. The highest BCUT2D eigenvalue weighted by Gasteiger charge is 2.26. The summed E-state index contributed by atoms with van der Waals surface area (Å²) < 4.78 is 0. The van der Waals surface area contributed by atoms with Gasteiger partial charge in [-0.05, 0) is 23.6 Å². The maximum atomic E-state index is 11.7. The van der Waals surface area contributed by atoms with Gasteiger partial charge in [-0.15, -0.1) is 11.3 Å². The molecular weight excluding hydrogens is 238 g/mol. The third-order valence-corrected chi connectivity index (χ3v) is 4.60. The van der Waals surface area contributed by atoms with Crippen LogP contribution < -0.4 is 4.90 Å². The number of hydrogen-bond acceptors (Lipinski definition) is 3. The van der Waals surface area contributed by atoms with Crippen LogP contribution in [0.15, 0.2) is 45.5 Å². The Balaban J connectivity index is 2.23. The Morgan fingerprint density at radius 1 is 1.19 bits per heavy atom. The lowest BCUT2D eigenvalue weighted by Gasteiger charge is -2.27. The Labute approximate surface area is 102 Å². The molecule has 0 saturated heterocycles. The summed E-state index contributed by atoms with van der Waals surface area (Å²) in [5.74, 6) is 0.0662. The Kier molecular flexibility index (Phi) is 2.26. The Morgan fingerprint density at radius 2 is 2.00 bits per heavy atom. The number of para-hydroxylation sites is 1. The minimum absolute atomic E-state index is 0.0662. The Morgan fingerprint density at radius 3 is 2.81 bits per heavy atom. The second kappa shape index (κ2) is 3.64. The summed E-state index contributed by atoms with van der Waals surface area (Å²) in [6.07, 6.45) is 0. The van der Waals surface area contributed by atoms with Gasteiger partial charge in [0, 0.05) is 16.7 Å². The maximum absolute atomic E-state index is 11.7. The Bertz CT molecular complexity index is 562. The number of fused-ring (bicyclic) bond motifs is 2. The van der Waals surface area contributed by atoms with Gasteiger partial charge >= 0.3 is 0 Å². The number of benzene rings is 1. The Hall–Kier alpha value is -1.26. The number of rotatable bonds is 0. The van der Waals surface area contributed by atoms with Gasteiger partial charge in [-0.25, -0.2) is 0 Å². The van der Waals surface area contributed by atoms with E-state index < -0.39 is 0 Å². The molecule has 1 amide bonds. The fraction of sp³-hybridized carbons (Fsp3) is 0.0833. The van der Waals surface area contributed by atoms with E-state index in [0.717, 1.165) is 15.6 Å². The maximum Gasteiger partial charge on any atom is 0.229 e.